The number of nitrogens with zero attached hydrogens (tertiary/aromatic N) is 4. The predicted molar refractivity (Wildman–Crippen MR) is 220 cm³/mol. The first-order valence-corrected chi connectivity index (χ1v) is 19.7. The number of aromatic nitrogens is 2. The number of carbonyl (C=O) groups is 2. The number of halogens is 1. The molecule has 3 aromatic carbocycles. The Labute approximate surface area is 324 Å². The van der Waals surface area contributed by atoms with E-state index in [1.165, 1.54) is 10.9 Å². The third-order valence-corrected chi connectivity index (χ3v) is 10.2. The summed E-state index contributed by atoms with van der Waals surface area (Å²) in [5.74, 6) is -0.127. The van der Waals surface area contributed by atoms with Gasteiger partial charge < -0.3 is 21.3 Å². The van der Waals surface area contributed by atoms with Gasteiger partial charge in [0.1, 0.15) is 5.69 Å². The topological polar surface area (TPSA) is 115 Å². The number of nitrogens with one attached hydrogen (secondary N) is 4. The zero-order chi connectivity index (χ0) is 37.5. The van der Waals surface area contributed by atoms with Crippen LogP contribution in [0.15, 0.2) is 84.9 Å². The highest BCUT2D eigenvalue weighted by Crippen LogP contribution is 2.32. The minimum atomic E-state index is -0.194. The second-order valence-corrected chi connectivity index (χ2v) is 14.5. The molecule has 0 bridgehead atoms. The molecule has 0 aliphatic carbocycles. The van der Waals surface area contributed by atoms with Crippen molar-refractivity contribution in [2.75, 3.05) is 72.0 Å². The van der Waals surface area contributed by atoms with Gasteiger partial charge >= 0.3 is 0 Å². The molecule has 11 heteroatoms. The Bertz CT molecular complexity index is 1990. The second-order valence-electron chi connectivity index (χ2n) is 14.1. The largest absolute Gasteiger partial charge is 0.355 e. The summed E-state index contributed by atoms with van der Waals surface area (Å²) in [5, 5.41) is 17.0. The highest BCUT2D eigenvalue weighted by Gasteiger charge is 2.16. The molecular formula is C43H53ClN8O2. The molecule has 284 valence electrons. The fourth-order valence-electron chi connectivity index (χ4n) is 6.90. The number of amides is 2. The SMILES string of the molecule is Cc1ccc2nc(CN3CCNCCN(CC(=O)NCCCCCCNC(=O)c4cc5ccccc5c(-c5ccccc5Cl)n4)CCNCC3)ccc2c1. The van der Waals surface area contributed by atoms with Gasteiger partial charge in [-0.3, -0.25) is 24.4 Å². The Morgan fingerprint density at radius 2 is 1.41 bits per heavy atom. The van der Waals surface area contributed by atoms with E-state index in [-0.39, 0.29) is 11.8 Å². The molecule has 4 N–H and O–H groups in total. The van der Waals surface area contributed by atoms with Crippen LogP contribution in [0.3, 0.4) is 0 Å². The number of carbonyl (C=O) groups excluding carboxylic acids is 2. The summed E-state index contributed by atoms with van der Waals surface area (Å²) in [6.45, 7) is 11.5. The summed E-state index contributed by atoms with van der Waals surface area (Å²) in [5.41, 5.74) is 5.28. The van der Waals surface area contributed by atoms with Gasteiger partial charge in [0.05, 0.1) is 23.4 Å². The molecule has 6 rings (SSSR count). The predicted octanol–water partition coefficient (Wildman–Crippen LogP) is 5.82. The Hall–Kier alpha value is -4.45. The molecule has 1 saturated heterocycles. The van der Waals surface area contributed by atoms with E-state index in [4.69, 9.17) is 21.6 Å². The van der Waals surface area contributed by atoms with Crippen molar-refractivity contribution in [2.24, 2.45) is 0 Å². The molecule has 54 heavy (non-hydrogen) atoms. The van der Waals surface area contributed by atoms with Gasteiger partial charge in [-0.25, -0.2) is 4.98 Å². The Morgan fingerprint density at radius 1 is 0.722 bits per heavy atom. The first-order valence-electron chi connectivity index (χ1n) is 19.3. The minimum Gasteiger partial charge on any atom is -0.355 e. The molecule has 0 saturated carbocycles. The Kier molecular flexibility index (Phi) is 14.7. The number of fused-ring (bicyclic) bond motifs is 2. The van der Waals surface area contributed by atoms with Gasteiger partial charge in [0.15, 0.2) is 0 Å². The first-order chi connectivity index (χ1) is 26.4. The van der Waals surface area contributed by atoms with Gasteiger partial charge in [0.2, 0.25) is 5.91 Å². The average molecular weight is 749 g/mol. The van der Waals surface area contributed by atoms with Crippen molar-refractivity contribution in [3.05, 3.63) is 107 Å². The lowest BCUT2D eigenvalue weighted by molar-refractivity contribution is -0.122. The normalized spacial score (nSPS) is 15.1. The van der Waals surface area contributed by atoms with Crippen LogP contribution >= 0.6 is 11.6 Å². The number of unbranched alkanes of at least 4 members (excludes halogenated alkanes) is 3. The quantitative estimate of drug-likeness (QED) is 0.112. The van der Waals surface area contributed by atoms with E-state index in [1.54, 1.807) is 0 Å². The van der Waals surface area contributed by atoms with Crippen molar-refractivity contribution in [1.82, 2.24) is 41.0 Å². The zero-order valence-electron chi connectivity index (χ0n) is 31.4. The van der Waals surface area contributed by atoms with Crippen molar-refractivity contribution >= 4 is 45.1 Å². The van der Waals surface area contributed by atoms with Crippen LogP contribution in [0.5, 0.6) is 0 Å². The molecule has 10 nitrogen and oxygen atoms in total. The summed E-state index contributed by atoms with van der Waals surface area (Å²) in [6.07, 6.45) is 3.70. The lowest BCUT2D eigenvalue weighted by atomic mass is 10.0. The molecule has 0 radical (unpaired) electrons. The Balaban J connectivity index is 0.849. The third kappa shape index (κ3) is 11.5. The molecule has 1 aliphatic heterocycles. The number of aryl methyl sites for hydroxylation is 1. The molecule has 0 spiro atoms. The number of pyridine rings is 2. The fourth-order valence-corrected chi connectivity index (χ4v) is 7.12. The van der Waals surface area contributed by atoms with E-state index in [2.05, 4.69) is 68.3 Å². The van der Waals surface area contributed by atoms with Crippen LogP contribution in [0, 0.1) is 6.92 Å². The molecule has 2 aromatic heterocycles. The minimum absolute atomic E-state index is 0.0672. The van der Waals surface area contributed by atoms with Crippen molar-refractivity contribution in [3.63, 3.8) is 0 Å². The van der Waals surface area contributed by atoms with Crippen LogP contribution in [0.2, 0.25) is 5.02 Å². The molecular weight excluding hydrogens is 696 g/mol. The van der Waals surface area contributed by atoms with Gasteiger partial charge in [-0.1, -0.05) is 84.6 Å². The van der Waals surface area contributed by atoms with Gasteiger partial charge in [-0.2, -0.15) is 0 Å². The Morgan fingerprint density at radius 3 is 2.17 bits per heavy atom. The number of rotatable bonds is 13. The van der Waals surface area contributed by atoms with Gasteiger partial charge in [-0.15, -0.1) is 0 Å². The summed E-state index contributed by atoms with van der Waals surface area (Å²) >= 11 is 6.50. The number of benzene rings is 3. The first kappa shape index (κ1) is 39.2. The molecule has 0 atom stereocenters. The van der Waals surface area contributed by atoms with E-state index < -0.39 is 0 Å². The van der Waals surface area contributed by atoms with Crippen LogP contribution in [-0.4, -0.2) is 104 Å². The lowest BCUT2D eigenvalue weighted by Crippen LogP contribution is -2.46. The molecule has 1 fully saturated rings. The summed E-state index contributed by atoms with van der Waals surface area (Å²) in [4.78, 5) is 40.2. The molecule has 0 unspecified atom stereocenters. The monoisotopic (exact) mass is 748 g/mol. The second kappa shape index (κ2) is 20.3. The maximum atomic E-state index is 13.1. The van der Waals surface area contributed by atoms with Crippen LogP contribution < -0.4 is 21.3 Å². The summed E-state index contributed by atoms with van der Waals surface area (Å²) in [7, 11) is 0. The summed E-state index contributed by atoms with van der Waals surface area (Å²) < 4.78 is 0. The number of hydrogen-bond donors (Lipinski definition) is 4. The maximum Gasteiger partial charge on any atom is 0.269 e. The lowest BCUT2D eigenvalue weighted by Gasteiger charge is -2.26. The van der Waals surface area contributed by atoms with E-state index in [1.807, 2.05) is 54.6 Å². The number of hydrogen-bond acceptors (Lipinski definition) is 8. The maximum absolute atomic E-state index is 13.1. The fraction of sp³-hybridized carbons (Fsp3) is 0.395. The van der Waals surface area contributed by atoms with Gasteiger partial charge in [-0.05, 0) is 55.5 Å². The van der Waals surface area contributed by atoms with E-state index >= 15 is 0 Å². The van der Waals surface area contributed by atoms with Crippen molar-refractivity contribution in [2.45, 2.75) is 39.2 Å². The smallest absolute Gasteiger partial charge is 0.269 e. The highest BCUT2D eigenvalue weighted by molar-refractivity contribution is 6.33. The average Bonchev–Trinajstić information content (AvgIpc) is 3.17. The van der Waals surface area contributed by atoms with Crippen molar-refractivity contribution < 1.29 is 9.59 Å². The van der Waals surface area contributed by atoms with Gasteiger partial charge in [0, 0.05) is 93.4 Å². The van der Waals surface area contributed by atoms with Gasteiger partial charge in [0.25, 0.3) is 5.91 Å². The van der Waals surface area contributed by atoms with Crippen molar-refractivity contribution in [1.29, 1.82) is 0 Å². The summed E-state index contributed by atoms with van der Waals surface area (Å²) in [6, 6.07) is 28.0. The molecule has 1 aliphatic rings. The van der Waals surface area contributed by atoms with Crippen molar-refractivity contribution in [3.8, 4) is 11.3 Å². The third-order valence-electron chi connectivity index (χ3n) is 9.89. The van der Waals surface area contributed by atoms with E-state index in [0.29, 0.717) is 36.0 Å². The molecule has 3 heterocycles. The van der Waals surface area contributed by atoms with E-state index in [0.717, 1.165) is 112 Å². The van der Waals surface area contributed by atoms with Crippen LogP contribution in [0.1, 0.15) is 47.4 Å². The highest BCUT2D eigenvalue weighted by atomic mass is 35.5. The molecule has 2 amide bonds. The zero-order valence-corrected chi connectivity index (χ0v) is 32.1. The van der Waals surface area contributed by atoms with Crippen LogP contribution in [-0.2, 0) is 11.3 Å². The van der Waals surface area contributed by atoms with Crippen LogP contribution in [0.25, 0.3) is 32.9 Å². The van der Waals surface area contributed by atoms with Crippen LogP contribution in [0.4, 0.5) is 0 Å². The standard InChI is InChI=1S/C43H53ClN8O2/c1-32-14-17-39-34(28-32)15-16-35(49-39)30-51-24-20-45-22-26-52(27-23-46-21-25-51)31-41(53)47-18-8-2-3-9-19-48-43(54)40-29-33-10-4-5-11-36(33)42(50-40)37-12-6-7-13-38(37)44/h4-7,10-17,28-29,45-46H,2-3,8-9,18-27,30-31H2,1H3,(H,47,53)(H,48,54). The molecule has 5 aromatic rings. The van der Waals surface area contributed by atoms with E-state index in [9.17, 15) is 9.59 Å².